The SMILES string of the molecule is Cc1cn2c(=O)c(S(=O)(=O)Nc3ccc(Br)cc3F)c(C)nc2s1. The van der Waals surface area contributed by atoms with Gasteiger partial charge in [-0.2, -0.15) is 0 Å². The van der Waals surface area contributed by atoms with Crippen molar-refractivity contribution in [2.75, 3.05) is 4.72 Å². The van der Waals surface area contributed by atoms with Crippen LogP contribution in [-0.4, -0.2) is 17.8 Å². The molecular weight excluding hydrogens is 421 g/mol. The van der Waals surface area contributed by atoms with E-state index < -0.39 is 26.3 Å². The first kappa shape index (κ1) is 17.1. The first-order chi connectivity index (χ1) is 11.2. The molecule has 0 saturated carbocycles. The van der Waals surface area contributed by atoms with E-state index in [-0.39, 0.29) is 11.4 Å². The van der Waals surface area contributed by atoms with Crippen LogP contribution in [0.15, 0.2) is 38.6 Å². The number of nitrogens with zero attached hydrogens (tertiary/aromatic N) is 2. The molecule has 3 rings (SSSR count). The first-order valence-electron chi connectivity index (χ1n) is 6.66. The van der Waals surface area contributed by atoms with E-state index in [0.717, 1.165) is 10.9 Å². The number of hydrogen-bond acceptors (Lipinski definition) is 5. The van der Waals surface area contributed by atoms with E-state index in [0.29, 0.717) is 9.43 Å². The van der Waals surface area contributed by atoms with Gasteiger partial charge in [-0.05, 0) is 32.0 Å². The molecule has 0 unspecified atom stereocenters. The van der Waals surface area contributed by atoms with E-state index >= 15 is 0 Å². The second-order valence-electron chi connectivity index (χ2n) is 5.06. The highest BCUT2D eigenvalue weighted by atomic mass is 79.9. The van der Waals surface area contributed by atoms with Crippen molar-refractivity contribution in [3.63, 3.8) is 0 Å². The van der Waals surface area contributed by atoms with Crippen molar-refractivity contribution in [3.05, 3.63) is 55.6 Å². The Kier molecular flexibility index (Phi) is 4.22. The fourth-order valence-electron chi connectivity index (χ4n) is 2.21. The average molecular weight is 432 g/mol. The monoisotopic (exact) mass is 431 g/mol. The summed E-state index contributed by atoms with van der Waals surface area (Å²) in [6.07, 6.45) is 1.52. The van der Waals surface area contributed by atoms with Crippen molar-refractivity contribution in [1.29, 1.82) is 0 Å². The molecule has 1 N–H and O–H groups in total. The van der Waals surface area contributed by atoms with Crippen LogP contribution in [0.1, 0.15) is 10.6 Å². The van der Waals surface area contributed by atoms with Gasteiger partial charge in [-0.25, -0.2) is 17.8 Å². The van der Waals surface area contributed by atoms with Gasteiger partial charge in [0.1, 0.15) is 5.82 Å². The van der Waals surface area contributed by atoms with Crippen LogP contribution in [-0.2, 0) is 10.0 Å². The van der Waals surface area contributed by atoms with E-state index in [9.17, 15) is 17.6 Å². The molecule has 2 heterocycles. The lowest BCUT2D eigenvalue weighted by Gasteiger charge is -2.10. The topological polar surface area (TPSA) is 80.5 Å². The quantitative estimate of drug-likeness (QED) is 0.690. The standard InChI is InChI=1S/C14H11BrFN3O3S2/c1-7-6-19-13(20)12(8(2)17-14(19)23-7)24(21,22)18-11-4-3-9(15)5-10(11)16/h3-6,18H,1-2H3. The molecule has 0 aliphatic rings. The zero-order valence-electron chi connectivity index (χ0n) is 12.5. The number of nitrogens with one attached hydrogen (secondary N) is 1. The molecule has 10 heteroatoms. The minimum atomic E-state index is -4.29. The normalized spacial score (nSPS) is 11.8. The van der Waals surface area contributed by atoms with Crippen LogP contribution >= 0.6 is 27.3 Å². The molecule has 0 aliphatic carbocycles. The van der Waals surface area contributed by atoms with Crippen molar-refractivity contribution in [2.45, 2.75) is 18.7 Å². The maximum Gasteiger partial charge on any atom is 0.279 e. The third-order valence-corrected chi connectivity index (χ3v) is 6.11. The molecule has 0 radical (unpaired) electrons. The summed E-state index contributed by atoms with van der Waals surface area (Å²) in [7, 11) is -4.29. The van der Waals surface area contributed by atoms with Crippen LogP contribution in [0, 0.1) is 19.7 Å². The minimum absolute atomic E-state index is 0.0619. The van der Waals surface area contributed by atoms with Crippen LogP contribution in [0.3, 0.4) is 0 Å². The Morgan fingerprint density at radius 1 is 1.33 bits per heavy atom. The molecule has 2 aromatic heterocycles. The zero-order chi connectivity index (χ0) is 17.6. The number of sulfonamides is 1. The molecule has 0 atom stereocenters. The predicted molar refractivity (Wildman–Crippen MR) is 93.7 cm³/mol. The van der Waals surface area contributed by atoms with Crippen molar-refractivity contribution in [3.8, 4) is 0 Å². The van der Waals surface area contributed by atoms with Gasteiger partial charge >= 0.3 is 0 Å². The van der Waals surface area contributed by atoms with Gasteiger partial charge < -0.3 is 0 Å². The number of benzene rings is 1. The number of fused-ring (bicyclic) bond motifs is 1. The first-order valence-corrected chi connectivity index (χ1v) is 9.75. The second-order valence-corrected chi connectivity index (χ2v) is 8.80. The lowest BCUT2D eigenvalue weighted by Crippen LogP contribution is -2.27. The fraction of sp³-hybridized carbons (Fsp3) is 0.143. The molecule has 24 heavy (non-hydrogen) atoms. The number of aromatic nitrogens is 2. The summed E-state index contributed by atoms with van der Waals surface area (Å²) >= 11 is 4.37. The van der Waals surface area contributed by atoms with Crippen LogP contribution in [0.5, 0.6) is 0 Å². The number of thiazole rings is 1. The average Bonchev–Trinajstić information content (AvgIpc) is 2.82. The number of halogens is 2. The summed E-state index contributed by atoms with van der Waals surface area (Å²) in [5.41, 5.74) is -0.901. The predicted octanol–water partition coefficient (Wildman–Crippen LogP) is 3.08. The Balaban J connectivity index is 2.16. The summed E-state index contributed by atoms with van der Waals surface area (Å²) in [6.45, 7) is 3.22. The summed E-state index contributed by atoms with van der Waals surface area (Å²) in [5, 5.41) is 0. The Hall–Kier alpha value is -1.78. The molecule has 126 valence electrons. The van der Waals surface area contributed by atoms with Gasteiger partial charge in [0.05, 0.1) is 11.4 Å². The highest BCUT2D eigenvalue weighted by molar-refractivity contribution is 9.10. The van der Waals surface area contributed by atoms with Gasteiger partial charge in [-0.15, -0.1) is 11.3 Å². The molecule has 0 fully saturated rings. The minimum Gasteiger partial charge on any atom is -0.276 e. The molecule has 0 saturated heterocycles. The van der Waals surface area contributed by atoms with E-state index in [4.69, 9.17) is 0 Å². The summed E-state index contributed by atoms with van der Waals surface area (Å²) in [4.78, 5) is 17.4. The van der Waals surface area contributed by atoms with Crippen molar-refractivity contribution in [1.82, 2.24) is 9.38 Å². The van der Waals surface area contributed by atoms with Gasteiger partial charge in [-0.1, -0.05) is 15.9 Å². The Bertz CT molecular complexity index is 1120. The second kappa shape index (κ2) is 5.94. The third-order valence-electron chi connectivity index (χ3n) is 3.22. The van der Waals surface area contributed by atoms with Crippen LogP contribution in [0.4, 0.5) is 10.1 Å². The van der Waals surface area contributed by atoms with Gasteiger partial charge in [0.25, 0.3) is 15.6 Å². The lowest BCUT2D eigenvalue weighted by atomic mass is 10.3. The molecule has 0 spiro atoms. The summed E-state index contributed by atoms with van der Waals surface area (Å²) in [6, 6.07) is 3.89. The summed E-state index contributed by atoms with van der Waals surface area (Å²) in [5.74, 6) is -0.758. The molecule has 0 bridgehead atoms. The maximum atomic E-state index is 13.9. The molecular formula is C14H11BrFN3O3S2. The molecule has 3 aromatic rings. The zero-order valence-corrected chi connectivity index (χ0v) is 15.7. The van der Waals surface area contributed by atoms with Crippen LogP contribution < -0.4 is 10.3 Å². The molecule has 0 amide bonds. The number of rotatable bonds is 3. The third kappa shape index (κ3) is 2.96. The van der Waals surface area contributed by atoms with Gasteiger partial charge in [-0.3, -0.25) is 13.9 Å². The van der Waals surface area contributed by atoms with E-state index in [1.54, 1.807) is 6.92 Å². The van der Waals surface area contributed by atoms with Crippen molar-refractivity contribution >= 4 is 47.9 Å². The Morgan fingerprint density at radius 2 is 2.04 bits per heavy atom. The van der Waals surface area contributed by atoms with E-state index in [1.807, 2.05) is 0 Å². The molecule has 0 aliphatic heterocycles. The molecule has 1 aromatic carbocycles. The fourth-order valence-corrected chi connectivity index (χ4v) is 4.73. The molecule has 6 nitrogen and oxygen atoms in total. The van der Waals surface area contributed by atoms with E-state index in [1.165, 1.54) is 41.0 Å². The Labute approximate surface area is 149 Å². The number of aryl methyl sites for hydroxylation is 2. The number of hydrogen-bond donors (Lipinski definition) is 1. The highest BCUT2D eigenvalue weighted by Gasteiger charge is 2.25. The smallest absolute Gasteiger partial charge is 0.276 e. The summed E-state index contributed by atoms with van der Waals surface area (Å²) < 4.78 is 42.8. The largest absolute Gasteiger partial charge is 0.279 e. The Morgan fingerprint density at radius 3 is 2.71 bits per heavy atom. The van der Waals surface area contributed by atoms with Gasteiger partial charge in [0.2, 0.25) is 0 Å². The highest BCUT2D eigenvalue weighted by Crippen LogP contribution is 2.23. The van der Waals surface area contributed by atoms with Gasteiger partial charge in [0, 0.05) is 15.5 Å². The van der Waals surface area contributed by atoms with Crippen molar-refractivity contribution < 1.29 is 12.8 Å². The number of anilines is 1. The van der Waals surface area contributed by atoms with Gasteiger partial charge in [0.15, 0.2) is 9.86 Å². The lowest BCUT2D eigenvalue weighted by molar-refractivity contribution is 0.595. The van der Waals surface area contributed by atoms with Crippen molar-refractivity contribution in [2.24, 2.45) is 0 Å². The van der Waals surface area contributed by atoms with Crippen LogP contribution in [0.25, 0.3) is 4.96 Å². The van der Waals surface area contributed by atoms with Crippen LogP contribution in [0.2, 0.25) is 0 Å². The maximum absolute atomic E-state index is 13.9. The van der Waals surface area contributed by atoms with E-state index in [2.05, 4.69) is 25.6 Å².